The molecule has 0 aliphatic heterocycles. The van der Waals surface area contributed by atoms with Crippen LogP contribution in [0.3, 0.4) is 0 Å². The van der Waals surface area contributed by atoms with E-state index in [4.69, 9.17) is 14.2 Å². The molecule has 0 radical (unpaired) electrons. The van der Waals surface area contributed by atoms with Gasteiger partial charge in [0.05, 0.1) is 12.8 Å². The first-order chi connectivity index (χ1) is 14.1. The summed E-state index contributed by atoms with van der Waals surface area (Å²) in [7, 11) is 0. The molecular formula is C22H24N2O5. The second-order valence-electron chi connectivity index (χ2n) is 5.81. The largest absolute Gasteiger partial charge is 0.483 e. The van der Waals surface area contributed by atoms with Crippen molar-refractivity contribution < 1.29 is 23.8 Å². The predicted molar refractivity (Wildman–Crippen MR) is 110 cm³/mol. The van der Waals surface area contributed by atoms with Crippen LogP contribution in [0.2, 0.25) is 0 Å². The first-order valence-corrected chi connectivity index (χ1v) is 9.15. The number of para-hydroxylation sites is 2. The summed E-state index contributed by atoms with van der Waals surface area (Å²) in [5.41, 5.74) is 3.96. The number of benzene rings is 2. The SMILES string of the molecule is C=CCc1ccccc1OCC(=O)N/N=C\c1ccccc1OCC(=O)OCC. The number of nitrogens with zero attached hydrogens (tertiary/aromatic N) is 1. The van der Waals surface area contributed by atoms with Crippen molar-refractivity contribution >= 4 is 18.1 Å². The van der Waals surface area contributed by atoms with Crippen molar-refractivity contribution in [3.8, 4) is 11.5 Å². The maximum atomic E-state index is 12.0. The van der Waals surface area contributed by atoms with Gasteiger partial charge in [-0.15, -0.1) is 6.58 Å². The molecule has 0 aliphatic carbocycles. The van der Waals surface area contributed by atoms with E-state index in [0.29, 0.717) is 23.5 Å². The summed E-state index contributed by atoms with van der Waals surface area (Å²) < 4.78 is 15.8. The van der Waals surface area contributed by atoms with Crippen LogP contribution in [0.15, 0.2) is 66.3 Å². The molecule has 1 N–H and O–H groups in total. The number of carbonyl (C=O) groups excluding carboxylic acids is 2. The van der Waals surface area contributed by atoms with Crippen LogP contribution < -0.4 is 14.9 Å². The number of amides is 1. The van der Waals surface area contributed by atoms with E-state index >= 15 is 0 Å². The molecule has 0 heterocycles. The van der Waals surface area contributed by atoms with E-state index in [1.165, 1.54) is 6.21 Å². The topological polar surface area (TPSA) is 86.2 Å². The van der Waals surface area contributed by atoms with E-state index in [9.17, 15) is 9.59 Å². The Balaban J connectivity index is 1.87. The van der Waals surface area contributed by atoms with Crippen LogP contribution in [0.1, 0.15) is 18.1 Å². The highest BCUT2D eigenvalue weighted by Crippen LogP contribution is 2.18. The van der Waals surface area contributed by atoms with Crippen molar-refractivity contribution in [3.05, 3.63) is 72.3 Å². The minimum Gasteiger partial charge on any atom is -0.483 e. The predicted octanol–water partition coefficient (Wildman–Crippen LogP) is 2.89. The molecule has 152 valence electrons. The van der Waals surface area contributed by atoms with Gasteiger partial charge in [0.15, 0.2) is 13.2 Å². The second kappa shape index (κ2) is 12.0. The van der Waals surface area contributed by atoms with Crippen molar-refractivity contribution in [1.82, 2.24) is 5.43 Å². The lowest BCUT2D eigenvalue weighted by Gasteiger charge is -2.09. The Morgan fingerprint density at radius 3 is 2.48 bits per heavy atom. The zero-order valence-corrected chi connectivity index (χ0v) is 16.3. The average molecular weight is 396 g/mol. The molecule has 0 saturated heterocycles. The summed E-state index contributed by atoms with van der Waals surface area (Å²) >= 11 is 0. The van der Waals surface area contributed by atoms with Crippen LogP contribution in [0, 0.1) is 0 Å². The number of rotatable bonds is 11. The quantitative estimate of drug-likeness (QED) is 0.273. The van der Waals surface area contributed by atoms with Gasteiger partial charge >= 0.3 is 5.97 Å². The van der Waals surface area contributed by atoms with Crippen LogP contribution in [0.5, 0.6) is 11.5 Å². The van der Waals surface area contributed by atoms with Gasteiger partial charge in [0.25, 0.3) is 5.91 Å². The lowest BCUT2D eigenvalue weighted by atomic mass is 10.1. The molecule has 0 spiro atoms. The van der Waals surface area contributed by atoms with Gasteiger partial charge < -0.3 is 14.2 Å². The number of ether oxygens (including phenoxy) is 3. The summed E-state index contributed by atoms with van der Waals surface area (Å²) in [6, 6.07) is 14.5. The normalized spacial score (nSPS) is 10.4. The lowest BCUT2D eigenvalue weighted by Crippen LogP contribution is -2.24. The minimum atomic E-state index is -0.457. The summed E-state index contributed by atoms with van der Waals surface area (Å²) in [6.07, 6.45) is 3.86. The van der Waals surface area contributed by atoms with Crippen molar-refractivity contribution in [2.75, 3.05) is 19.8 Å². The summed E-state index contributed by atoms with van der Waals surface area (Å²) in [5, 5.41) is 3.92. The molecule has 0 saturated carbocycles. The highest BCUT2D eigenvalue weighted by atomic mass is 16.6. The van der Waals surface area contributed by atoms with Crippen LogP contribution in [0.4, 0.5) is 0 Å². The fraction of sp³-hybridized carbons (Fsp3) is 0.227. The first-order valence-electron chi connectivity index (χ1n) is 9.15. The Bertz CT molecular complexity index is 864. The van der Waals surface area contributed by atoms with Crippen molar-refractivity contribution in [3.63, 3.8) is 0 Å². The maximum Gasteiger partial charge on any atom is 0.344 e. The van der Waals surface area contributed by atoms with E-state index < -0.39 is 11.9 Å². The van der Waals surface area contributed by atoms with Crippen molar-refractivity contribution in [2.24, 2.45) is 5.10 Å². The zero-order valence-electron chi connectivity index (χ0n) is 16.3. The van der Waals surface area contributed by atoms with Crippen molar-refractivity contribution in [2.45, 2.75) is 13.3 Å². The fourth-order valence-electron chi connectivity index (χ4n) is 2.38. The summed E-state index contributed by atoms with van der Waals surface area (Å²) in [6.45, 7) is 5.35. The molecule has 0 aromatic heterocycles. The Kier molecular flexibility index (Phi) is 8.95. The first kappa shape index (κ1) is 21.7. The third kappa shape index (κ3) is 7.50. The van der Waals surface area contributed by atoms with Gasteiger partial charge in [0, 0.05) is 5.56 Å². The van der Waals surface area contributed by atoms with Gasteiger partial charge in [0.2, 0.25) is 0 Å². The smallest absolute Gasteiger partial charge is 0.344 e. The second-order valence-corrected chi connectivity index (χ2v) is 5.81. The van der Waals surface area contributed by atoms with Gasteiger partial charge in [-0.3, -0.25) is 4.79 Å². The Morgan fingerprint density at radius 1 is 1.03 bits per heavy atom. The van der Waals surface area contributed by atoms with Gasteiger partial charge in [0.1, 0.15) is 11.5 Å². The number of nitrogens with one attached hydrogen (secondary N) is 1. The zero-order chi connectivity index (χ0) is 20.9. The van der Waals surface area contributed by atoms with Gasteiger partial charge in [-0.25, -0.2) is 10.2 Å². The fourth-order valence-corrected chi connectivity index (χ4v) is 2.38. The van der Waals surface area contributed by atoms with Gasteiger partial charge in [-0.2, -0.15) is 5.10 Å². The minimum absolute atomic E-state index is 0.174. The van der Waals surface area contributed by atoms with Crippen LogP contribution in [-0.4, -0.2) is 37.9 Å². The lowest BCUT2D eigenvalue weighted by molar-refractivity contribution is -0.145. The third-order valence-corrected chi connectivity index (χ3v) is 3.66. The van der Waals surface area contributed by atoms with E-state index in [-0.39, 0.29) is 19.8 Å². The maximum absolute atomic E-state index is 12.0. The molecule has 0 fully saturated rings. The molecule has 0 atom stereocenters. The van der Waals surface area contributed by atoms with E-state index in [1.807, 2.05) is 18.2 Å². The highest BCUT2D eigenvalue weighted by molar-refractivity contribution is 5.85. The molecule has 1 amide bonds. The van der Waals surface area contributed by atoms with Crippen LogP contribution in [0.25, 0.3) is 0 Å². The number of hydrazone groups is 1. The molecule has 2 aromatic rings. The van der Waals surface area contributed by atoms with Crippen molar-refractivity contribution in [1.29, 1.82) is 0 Å². The van der Waals surface area contributed by atoms with Crippen LogP contribution >= 0.6 is 0 Å². The molecule has 7 nitrogen and oxygen atoms in total. The number of hydrogen-bond donors (Lipinski definition) is 1. The van der Waals surface area contributed by atoms with Gasteiger partial charge in [-0.1, -0.05) is 36.4 Å². The number of hydrogen-bond acceptors (Lipinski definition) is 6. The van der Waals surface area contributed by atoms with Crippen LogP contribution in [-0.2, 0) is 20.7 Å². The molecule has 2 rings (SSSR count). The molecule has 0 aliphatic rings. The summed E-state index contributed by atoms with van der Waals surface area (Å²) in [5.74, 6) is 0.221. The number of allylic oxidation sites excluding steroid dienone is 1. The molecule has 7 heteroatoms. The van der Waals surface area contributed by atoms with E-state index in [1.54, 1.807) is 43.3 Å². The Labute approximate surface area is 170 Å². The standard InChI is InChI=1S/C22H24N2O5/c1-3-9-17-10-5-7-12-19(17)28-15-21(25)24-23-14-18-11-6-8-13-20(18)29-16-22(26)27-4-2/h3,5-8,10-14H,1,4,9,15-16H2,2H3,(H,24,25)/b23-14-. The van der Waals surface area contributed by atoms with E-state index in [2.05, 4.69) is 17.1 Å². The molecule has 2 aromatic carbocycles. The molecular weight excluding hydrogens is 372 g/mol. The average Bonchev–Trinajstić information content (AvgIpc) is 2.73. The third-order valence-electron chi connectivity index (χ3n) is 3.66. The highest BCUT2D eigenvalue weighted by Gasteiger charge is 2.07. The molecule has 0 unspecified atom stereocenters. The van der Waals surface area contributed by atoms with Gasteiger partial charge in [-0.05, 0) is 37.1 Å². The number of carbonyl (C=O) groups is 2. The Morgan fingerprint density at radius 2 is 1.72 bits per heavy atom. The summed E-state index contributed by atoms with van der Waals surface area (Å²) in [4.78, 5) is 23.4. The Hall–Kier alpha value is -3.61. The molecule has 29 heavy (non-hydrogen) atoms. The molecule has 0 bridgehead atoms. The number of esters is 1. The monoisotopic (exact) mass is 396 g/mol. The van der Waals surface area contributed by atoms with E-state index in [0.717, 1.165) is 5.56 Å².